The molecule has 0 aromatic carbocycles. The minimum Gasteiger partial charge on any atom is -0.476 e. The second-order valence-corrected chi connectivity index (χ2v) is 1.85. The topological polar surface area (TPSA) is 57.6 Å². The summed E-state index contributed by atoms with van der Waals surface area (Å²) in [5.74, 6) is -0.414. The highest BCUT2D eigenvalue weighted by atomic mass is 16.6. The smallest absolute Gasteiger partial charge is 0.429 e. The minimum absolute atomic E-state index is 0.238. The van der Waals surface area contributed by atoms with Crippen LogP contribution >= 0.6 is 0 Å². The summed E-state index contributed by atoms with van der Waals surface area (Å²) in [6.45, 7) is 2.13. The van der Waals surface area contributed by atoms with Crippen LogP contribution in [0.3, 0.4) is 0 Å². The maximum Gasteiger partial charge on any atom is 0.429 e. The van der Waals surface area contributed by atoms with Crippen LogP contribution in [0.15, 0.2) is 36.4 Å². The van der Waals surface area contributed by atoms with E-state index in [-0.39, 0.29) is 6.61 Å². The van der Waals surface area contributed by atoms with E-state index in [1.165, 1.54) is 0 Å². The molecule has 0 bridgehead atoms. The number of aliphatic hydroxyl groups excluding tert-OH is 1. The summed E-state index contributed by atoms with van der Waals surface area (Å²) in [4.78, 5) is 2.58. The van der Waals surface area contributed by atoms with Crippen LogP contribution < -0.4 is 0 Å². The highest BCUT2D eigenvalue weighted by Crippen LogP contribution is 1.91. The molecule has 0 atom stereocenters. The third-order valence-electron chi connectivity index (χ3n) is 0.935. The van der Waals surface area contributed by atoms with Crippen molar-refractivity contribution in [3.63, 3.8) is 0 Å². The molecule has 0 saturated heterocycles. The summed E-state index contributed by atoms with van der Waals surface area (Å²) in [6, 6.07) is 0. The Kier molecular flexibility index (Phi) is 6.27. The van der Waals surface area contributed by atoms with E-state index in [1.807, 2.05) is 19.1 Å². The van der Waals surface area contributed by atoms with Gasteiger partial charge in [-0.2, -0.15) is 0 Å². The SMILES string of the molecule is C/C=C/C=C/CO/C(O)=C\[N+]#N. The Morgan fingerprint density at radius 2 is 2.33 bits per heavy atom. The van der Waals surface area contributed by atoms with Gasteiger partial charge in [-0.3, -0.25) is 0 Å². The maximum atomic E-state index is 8.74. The molecule has 0 unspecified atom stereocenters. The van der Waals surface area contributed by atoms with Crippen molar-refractivity contribution in [2.24, 2.45) is 0 Å². The van der Waals surface area contributed by atoms with Crippen LogP contribution in [-0.4, -0.2) is 11.7 Å². The molecule has 12 heavy (non-hydrogen) atoms. The monoisotopic (exact) mass is 167 g/mol. The van der Waals surface area contributed by atoms with E-state index < -0.39 is 5.95 Å². The van der Waals surface area contributed by atoms with E-state index in [1.54, 1.807) is 12.2 Å². The van der Waals surface area contributed by atoms with E-state index >= 15 is 0 Å². The largest absolute Gasteiger partial charge is 0.476 e. The van der Waals surface area contributed by atoms with E-state index in [9.17, 15) is 0 Å². The fourth-order valence-corrected chi connectivity index (χ4v) is 0.465. The molecule has 0 fully saturated rings. The second kappa shape index (κ2) is 7.35. The number of allylic oxidation sites excluding steroid dienone is 3. The molecular weight excluding hydrogens is 156 g/mol. The molecule has 0 rings (SSSR count). The Hall–Kier alpha value is -1.76. The number of diazo groups is 1. The van der Waals surface area contributed by atoms with Crippen LogP contribution in [-0.2, 0) is 4.74 Å². The highest BCUT2D eigenvalue weighted by molar-refractivity contribution is 5.01. The van der Waals surface area contributed by atoms with Gasteiger partial charge in [0.15, 0.2) is 4.98 Å². The average molecular weight is 167 g/mol. The van der Waals surface area contributed by atoms with Gasteiger partial charge < -0.3 is 9.84 Å². The molecule has 4 nitrogen and oxygen atoms in total. The quantitative estimate of drug-likeness (QED) is 0.397. The van der Waals surface area contributed by atoms with Crippen LogP contribution in [0.1, 0.15) is 6.92 Å². The third-order valence-corrected chi connectivity index (χ3v) is 0.935. The second-order valence-electron chi connectivity index (χ2n) is 1.85. The number of hydrogen-bond donors (Lipinski definition) is 1. The molecule has 0 heterocycles. The number of nitrogens with zero attached hydrogens (tertiary/aromatic N) is 2. The van der Waals surface area contributed by atoms with Gasteiger partial charge in [-0.15, -0.1) is 0 Å². The van der Waals surface area contributed by atoms with Crippen molar-refractivity contribution >= 4 is 0 Å². The normalized spacial score (nSPS) is 12.2. The zero-order chi connectivity index (χ0) is 9.23. The van der Waals surface area contributed by atoms with Crippen molar-refractivity contribution in [2.75, 3.05) is 6.61 Å². The van der Waals surface area contributed by atoms with Gasteiger partial charge in [-0.25, -0.2) is 0 Å². The lowest BCUT2D eigenvalue weighted by atomic mass is 10.4. The summed E-state index contributed by atoms with van der Waals surface area (Å²) in [7, 11) is 0. The lowest BCUT2D eigenvalue weighted by Crippen LogP contribution is -1.89. The van der Waals surface area contributed by atoms with E-state index in [0.29, 0.717) is 0 Å². The fraction of sp³-hybridized carbons (Fsp3) is 0.250. The van der Waals surface area contributed by atoms with Crippen molar-refractivity contribution in [3.8, 4) is 0 Å². The molecule has 0 aliphatic heterocycles. The summed E-state index contributed by atoms with van der Waals surface area (Å²) < 4.78 is 4.67. The van der Waals surface area contributed by atoms with Crippen LogP contribution in [0, 0.1) is 5.39 Å². The van der Waals surface area contributed by atoms with Gasteiger partial charge in [0.05, 0.1) is 0 Å². The van der Waals surface area contributed by atoms with Gasteiger partial charge in [0.1, 0.15) is 6.61 Å². The molecule has 0 saturated carbocycles. The molecule has 0 aromatic rings. The lowest BCUT2D eigenvalue weighted by Gasteiger charge is -1.93. The summed E-state index contributed by atoms with van der Waals surface area (Å²) in [6.07, 6.45) is 8.00. The summed E-state index contributed by atoms with van der Waals surface area (Å²) in [5, 5.41) is 16.7. The van der Waals surface area contributed by atoms with Crippen LogP contribution in [0.25, 0.3) is 4.98 Å². The number of aliphatic hydroxyl groups is 1. The van der Waals surface area contributed by atoms with Crippen molar-refractivity contribution in [1.29, 1.82) is 5.39 Å². The number of ether oxygens (including phenoxy) is 1. The van der Waals surface area contributed by atoms with Crippen molar-refractivity contribution in [3.05, 3.63) is 41.4 Å². The molecule has 4 heteroatoms. The van der Waals surface area contributed by atoms with Crippen LogP contribution in [0.2, 0.25) is 0 Å². The van der Waals surface area contributed by atoms with Gasteiger partial charge in [0.2, 0.25) is 5.39 Å². The molecule has 0 aliphatic rings. The van der Waals surface area contributed by atoms with Gasteiger partial charge in [-0.1, -0.05) is 18.2 Å². The Balaban J connectivity index is 3.58. The first-order chi connectivity index (χ1) is 5.81. The average Bonchev–Trinajstić information content (AvgIpc) is 2.05. The fourth-order valence-electron chi connectivity index (χ4n) is 0.465. The van der Waals surface area contributed by atoms with Gasteiger partial charge in [0.25, 0.3) is 0 Å². The Morgan fingerprint density at radius 1 is 1.58 bits per heavy atom. The summed E-state index contributed by atoms with van der Waals surface area (Å²) in [5.41, 5.74) is 0. The first kappa shape index (κ1) is 10.2. The molecule has 0 radical (unpaired) electrons. The molecule has 1 N–H and O–H groups in total. The molecular formula is C8H11N2O2+. The Labute approximate surface area is 71.1 Å². The zero-order valence-corrected chi connectivity index (χ0v) is 6.84. The van der Waals surface area contributed by atoms with Gasteiger partial charge in [0, 0.05) is 0 Å². The van der Waals surface area contributed by atoms with Crippen molar-refractivity contribution < 1.29 is 9.84 Å². The maximum absolute atomic E-state index is 8.74. The molecule has 64 valence electrons. The molecule has 0 aromatic heterocycles. The lowest BCUT2D eigenvalue weighted by molar-refractivity contribution is 0.112. The van der Waals surface area contributed by atoms with Crippen LogP contribution in [0.4, 0.5) is 0 Å². The molecule has 0 amide bonds. The van der Waals surface area contributed by atoms with Gasteiger partial charge in [-0.05, 0) is 13.0 Å². The highest BCUT2D eigenvalue weighted by Gasteiger charge is 1.96. The van der Waals surface area contributed by atoms with Gasteiger partial charge >= 0.3 is 12.1 Å². The van der Waals surface area contributed by atoms with E-state index in [0.717, 1.165) is 6.20 Å². The predicted molar refractivity (Wildman–Crippen MR) is 45.7 cm³/mol. The van der Waals surface area contributed by atoms with Crippen molar-refractivity contribution in [1.82, 2.24) is 0 Å². The van der Waals surface area contributed by atoms with Crippen molar-refractivity contribution in [2.45, 2.75) is 6.92 Å². The molecule has 0 aliphatic carbocycles. The van der Waals surface area contributed by atoms with Crippen LogP contribution in [0.5, 0.6) is 0 Å². The predicted octanol–water partition coefficient (Wildman–Crippen LogP) is 2.35. The van der Waals surface area contributed by atoms with E-state index in [2.05, 4.69) is 9.71 Å². The third kappa shape index (κ3) is 6.36. The number of hydrogen-bond acceptors (Lipinski definition) is 3. The first-order valence-electron chi connectivity index (χ1n) is 3.45. The van der Waals surface area contributed by atoms with E-state index in [4.69, 9.17) is 10.5 Å². The number of rotatable bonds is 4. The first-order valence-corrected chi connectivity index (χ1v) is 3.45. The standard InChI is InChI=1S/C8H10N2O2/c1-2-3-4-5-6-12-8(11)7-10-9/h2-5,7H,6H2,1H3/p+1/b3-2+,5-4+,8-7-. The zero-order valence-electron chi connectivity index (χ0n) is 6.84. The Bertz CT molecular complexity index is 236. The summed E-state index contributed by atoms with van der Waals surface area (Å²) >= 11 is 0. The molecule has 0 spiro atoms. The minimum atomic E-state index is -0.414. The Morgan fingerprint density at radius 3 is 2.92 bits per heavy atom.